The lowest BCUT2D eigenvalue weighted by Gasteiger charge is -2.41. The number of nitrogens with zero attached hydrogens (tertiary/aromatic N) is 2. The summed E-state index contributed by atoms with van der Waals surface area (Å²) in [5, 5.41) is 12.5. The summed E-state index contributed by atoms with van der Waals surface area (Å²) in [4.78, 5) is 27.7. The number of esters is 1. The van der Waals surface area contributed by atoms with Gasteiger partial charge in [-0.1, -0.05) is 19.2 Å². The average Bonchev–Trinajstić information content (AvgIpc) is 2.88. The van der Waals surface area contributed by atoms with Crippen molar-refractivity contribution in [1.29, 1.82) is 0 Å². The zero-order valence-corrected chi connectivity index (χ0v) is 25.5. The lowest BCUT2D eigenvalue weighted by atomic mass is 9.86. The highest BCUT2D eigenvalue weighted by Crippen LogP contribution is 2.43. The highest BCUT2D eigenvalue weighted by Gasteiger charge is 2.43. The van der Waals surface area contributed by atoms with E-state index in [4.69, 9.17) is 4.74 Å². The van der Waals surface area contributed by atoms with E-state index in [1.165, 1.54) is 12.1 Å². The molecule has 6 rings (SSSR count). The van der Waals surface area contributed by atoms with Crippen LogP contribution in [0.5, 0.6) is 0 Å². The number of allylic oxidation sites excluding steroid dienone is 5. The highest BCUT2D eigenvalue weighted by molar-refractivity contribution is 6.98. The van der Waals surface area contributed by atoms with Gasteiger partial charge in [0.1, 0.15) is 19.8 Å². The first kappa shape index (κ1) is 28.3. The molecule has 2 aromatic carbocycles. The lowest BCUT2D eigenvalue weighted by Crippen LogP contribution is -2.52. The molecule has 0 saturated carbocycles. The van der Waals surface area contributed by atoms with E-state index in [0.29, 0.717) is 31.7 Å². The first-order chi connectivity index (χ1) is 19.7. The maximum Gasteiger partial charge on any atom is 0.338 e. The van der Waals surface area contributed by atoms with E-state index < -0.39 is 38.0 Å². The predicted octanol–water partition coefficient (Wildman–Crippen LogP) is 5.07. The second-order valence-corrected chi connectivity index (χ2v) is 17.4. The van der Waals surface area contributed by atoms with Crippen LogP contribution >= 0.6 is 0 Å². The molecule has 1 aliphatic carbocycles. The number of alkyl halides is 2. The van der Waals surface area contributed by atoms with Crippen LogP contribution in [0.15, 0.2) is 65.4 Å². The van der Waals surface area contributed by atoms with Gasteiger partial charge in [0.25, 0.3) is 0 Å². The number of carboxylic acid groups (broad SMARTS) is 1. The van der Waals surface area contributed by atoms with E-state index in [-0.39, 0.29) is 11.1 Å². The quantitative estimate of drug-likeness (QED) is 0.307. The van der Waals surface area contributed by atoms with Crippen LogP contribution in [0.2, 0.25) is 13.1 Å². The molecule has 0 unspecified atom stereocenters. The van der Waals surface area contributed by atoms with Gasteiger partial charge in [0.15, 0.2) is 18.8 Å². The number of halogens is 2. The van der Waals surface area contributed by atoms with Crippen LogP contribution in [-0.2, 0) is 4.74 Å². The van der Waals surface area contributed by atoms with Gasteiger partial charge in [-0.25, -0.2) is 22.9 Å². The predicted molar refractivity (Wildman–Crippen MR) is 162 cm³/mol. The van der Waals surface area contributed by atoms with E-state index in [1.807, 2.05) is 33.8 Å². The Kier molecular flexibility index (Phi) is 6.64. The summed E-state index contributed by atoms with van der Waals surface area (Å²) < 4.78 is 35.2. The third kappa shape index (κ3) is 4.83. The zero-order chi connectivity index (χ0) is 30.1. The van der Waals surface area contributed by atoms with Crippen LogP contribution in [0.1, 0.15) is 52.6 Å². The molecule has 218 valence electrons. The molecular weight excluding hydrogens is 554 g/mol. The van der Waals surface area contributed by atoms with Crippen molar-refractivity contribution in [1.82, 2.24) is 0 Å². The second kappa shape index (κ2) is 9.86. The van der Waals surface area contributed by atoms with E-state index in [0.717, 1.165) is 38.5 Å². The van der Waals surface area contributed by atoms with Crippen molar-refractivity contribution in [3.8, 4) is 0 Å². The fourth-order valence-electron chi connectivity index (χ4n) is 6.18. The number of anilines is 1. The van der Waals surface area contributed by atoms with Crippen LogP contribution in [-0.4, -0.2) is 79.5 Å². The SMILES string of the molecule is CC(C)(C)OC(=O)c1ccc(C(=O)O)c(C2=C3C=CC(=[N+]4CC(F)C4)C=C3[Si](C)(C)c3cc(N4CC(F)C4)ccc32)c1. The molecule has 2 saturated heterocycles. The molecule has 42 heavy (non-hydrogen) atoms. The van der Waals surface area contributed by atoms with Crippen molar-refractivity contribution in [2.75, 3.05) is 31.1 Å². The van der Waals surface area contributed by atoms with Gasteiger partial charge in [0, 0.05) is 17.8 Å². The van der Waals surface area contributed by atoms with Crippen LogP contribution in [0.4, 0.5) is 14.5 Å². The molecule has 0 bridgehead atoms. The Morgan fingerprint density at radius 3 is 2.33 bits per heavy atom. The number of ether oxygens (including phenoxy) is 1. The second-order valence-electron chi connectivity index (χ2n) is 13.0. The molecule has 2 fully saturated rings. The minimum absolute atomic E-state index is 0.0785. The number of aromatic carboxylic acids is 1. The van der Waals surface area contributed by atoms with Crippen molar-refractivity contribution >= 4 is 42.2 Å². The summed E-state index contributed by atoms with van der Waals surface area (Å²) in [6.45, 7) is 11.3. The monoisotopic (exact) mass is 589 g/mol. The molecule has 0 radical (unpaired) electrons. The first-order valence-electron chi connectivity index (χ1n) is 14.3. The van der Waals surface area contributed by atoms with E-state index in [2.05, 4.69) is 25.2 Å². The number of rotatable bonds is 4. The van der Waals surface area contributed by atoms with E-state index in [9.17, 15) is 23.5 Å². The number of benzene rings is 2. The van der Waals surface area contributed by atoms with Gasteiger partial charge in [0.2, 0.25) is 6.17 Å². The molecule has 0 aromatic heterocycles. The third-order valence-corrected chi connectivity index (χ3v) is 12.0. The molecule has 9 heteroatoms. The number of carbonyl (C=O) groups excluding carboxylic acids is 1. The minimum Gasteiger partial charge on any atom is -0.478 e. The topological polar surface area (TPSA) is 69.9 Å². The zero-order valence-electron chi connectivity index (χ0n) is 24.5. The first-order valence-corrected chi connectivity index (χ1v) is 17.3. The number of carboxylic acids is 1. The van der Waals surface area contributed by atoms with Crippen molar-refractivity contribution in [2.24, 2.45) is 0 Å². The Morgan fingerprint density at radius 1 is 1.00 bits per heavy atom. The molecule has 1 N–H and O–H groups in total. The molecular formula is C33H35F2N2O4Si+. The van der Waals surface area contributed by atoms with Gasteiger partial charge in [0.05, 0.1) is 24.2 Å². The summed E-state index contributed by atoms with van der Waals surface area (Å²) >= 11 is 0. The highest BCUT2D eigenvalue weighted by atomic mass is 28.3. The summed E-state index contributed by atoms with van der Waals surface area (Å²) in [5.74, 6) is -1.63. The molecule has 2 aromatic rings. The minimum atomic E-state index is -2.38. The fraction of sp³-hybridized carbons (Fsp3) is 0.364. The maximum absolute atomic E-state index is 13.8. The van der Waals surface area contributed by atoms with Gasteiger partial charge in [-0.05, 0) is 89.8 Å². The Morgan fingerprint density at radius 2 is 1.71 bits per heavy atom. The van der Waals surface area contributed by atoms with Gasteiger partial charge in [-0.15, -0.1) is 0 Å². The van der Waals surface area contributed by atoms with Crippen molar-refractivity contribution < 1.29 is 32.8 Å². The molecule has 3 aliphatic heterocycles. The Balaban J connectivity index is 1.59. The van der Waals surface area contributed by atoms with Crippen LogP contribution in [0.3, 0.4) is 0 Å². The summed E-state index contributed by atoms with van der Waals surface area (Å²) in [5.41, 5.74) is 4.47. The Hall–Kier alpha value is -3.85. The Bertz CT molecular complexity index is 1650. The van der Waals surface area contributed by atoms with Gasteiger partial charge < -0.3 is 14.7 Å². The molecule has 4 aliphatic rings. The molecule has 0 amide bonds. The fourth-order valence-corrected chi connectivity index (χ4v) is 9.25. The maximum atomic E-state index is 13.8. The molecule has 0 spiro atoms. The summed E-state index contributed by atoms with van der Waals surface area (Å²) in [7, 11) is -2.38. The van der Waals surface area contributed by atoms with Crippen LogP contribution in [0.25, 0.3) is 5.57 Å². The molecule has 3 heterocycles. The van der Waals surface area contributed by atoms with Crippen molar-refractivity contribution in [2.45, 2.75) is 51.8 Å². The Labute approximate surface area is 245 Å². The number of hydrogen-bond donors (Lipinski definition) is 1. The number of carbonyl (C=O) groups is 2. The summed E-state index contributed by atoms with van der Waals surface area (Å²) in [6, 6.07) is 10.7. The summed E-state index contributed by atoms with van der Waals surface area (Å²) in [6.07, 6.45) is 4.41. The normalized spacial score (nSPS) is 21.3. The largest absolute Gasteiger partial charge is 0.478 e. The van der Waals surface area contributed by atoms with Crippen molar-refractivity contribution in [3.05, 3.63) is 87.6 Å². The standard InChI is InChI=1S/C33H34F2N2O4Si/c1-33(2,3)41-32(40)19-6-9-24(31(38)39)27(12-19)30-25-10-7-22(36-15-20(34)16-36)13-28(25)42(4,5)29-14-23(8-11-26(29)30)37-17-21(35)18-37/h6-14,20-21H,15-18H2,1-5H3/p+1. The lowest BCUT2D eigenvalue weighted by molar-refractivity contribution is -0.599. The number of fused-ring (bicyclic) bond motifs is 2. The van der Waals surface area contributed by atoms with Gasteiger partial charge >= 0.3 is 11.9 Å². The smallest absolute Gasteiger partial charge is 0.338 e. The molecule has 0 atom stereocenters. The van der Waals surface area contributed by atoms with Crippen LogP contribution < -0.4 is 10.1 Å². The number of hydrogen-bond acceptors (Lipinski definition) is 4. The van der Waals surface area contributed by atoms with E-state index in [1.54, 1.807) is 26.8 Å². The van der Waals surface area contributed by atoms with Gasteiger partial charge in [-0.2, -0.15) is 0 Å². The van der Waals surface area contributed by atoms with E-state index >= 15 is 0 Å². The average molecular weight is 590 g/mol. The van der Waals surface area contributed by atoms with Crippen molar-refractivity contribution in [3.63, 3.8) is 0 Å². The molecule has 6 nitrogen and oxygen atoms in total. The van der Waals surface area contributed by atoms with Crippen LogP contribution in [0, 0.1) is 0 Å². The third-order valence-electron chi connectivity index (χ3n) is 8.45. The van der Waals surface area contributed by atoms with Gasteiger partial charge in [-0.3, -0.25) is 0 Å².